The van der Waals surface area contributed by atoms with Crippen molar-refractivity contribution in [3.63, 3.8) is 0 Å². The molecule has 2 heterocycles. The molecule has 0 saturated heterocycles. The number of pyridine rings is 1. The van der Waals surface area contributed by atoms with Crippen molar-refractivity contribution in [2.24, 2.45) is 5.92 Å². The van der Waals surface area contributed by atoms with Crippen LogP contribution in [0.3, 0.4) is 0 Å². The summed E-state index contributed by atoms with van der Waals surface area (Å²) in [5, 5.41) is 17.1. The van der Waals surface area contributed by atoms with Gasteiger partial charge in [0.05, 0.1) is 42.7 Å². The number of esters is 1. The molecule has 0 aliphatic heterocycles. The molecular formula is C26H34N4O4. The summed E-state index contributed by atoms with van der Waals surface area (Å²) in [6, 6.07) is 11.0. The lowest BCUT2D eigenvalue weighted by Crippen LogP contribution is -2.39. The van der Waals surface area contributed by atoms with Crippen LogP contribution >= 0.6 is 0 Å². The van der Waals surface area contributed by atoms with Gasteiger partial charge in [-0.1, -0.05) is 44.2 Å². The summed E-state index contributed by atoms with van der Waals surface area (Å²) in [4.78, 5) is 30.5. The highest BCUT2D eigenvalue weighted by Crippen LogP contribution is 2.34. The number of ether oxygens (including phenoxy) is 1. The van der Waals surface area contributed by atoms with E-state index in [4.69, 9.17) is 4.74 Å². The minimum absolute atomic E-state index is 0.166. The molecule has 34 heavy (non-hydrogen) atoms. The maximum absolute atomic E-state index is 13.0. The number of fused-ring (bicyclic) bond motifs is 1. The largest absolute Gasteiger partial charge is 0.464 e. The molecule has 182 valence electrons. The van der Waals surface area contributed by atoms with Gasteiger partial charge in [0.2, 0.25) is 5.91 Å². The van der Waals surface area contributed by atoms with Crippen molar-refractivity contribution in [2.75, 3.05) is 17.7 Å². The molecule has 0 saturated carbocycles. The van der Waals surface area contributed by atoms with Gasteiger partial charge in [0.25, 0.3) is 0 Å². The van der Waals surface area contributed by atoms with Crippen LogP contribution in [0.5, 0.6) is 0 Å². The molecule has 8 nitrogen and oxygen atoms in total. The Kier molecular flexibility index (Phi) is 7.61. The maximum atomic E-state index is 13.0. The van der Waals surface area contributed by atoms with Gasteiger partial charge in [-0.15, -0.1) is 0 Å². The molecule has 0 aliphatic rings. The minimum atomic E-state index is -0.956. The number of rotatable bonds is 9. The average molecular weight is 467 g/mol. The summed E-state index contributed by atoms with van der Waals surface area (Å²) in [5.41, 5.74) is 1.78. The van der Waals surface area contributed by atoms with Crippen molar-refractivity contribution in [1.29, 1.82) is 0 Å². The van der Waals surface area contributed by atoms with Gasteiger partial charge in [0.1, 0.15) is 5.65 Å². The van der Waals surface area contributed by atoms with E-state index < -0.39 is 11.6 Å². The van der Waals surface area contributed by atoms with Crippen molar-refractivity contribution in [1.82, 2.24) is 9.55 Å². The molecule has 0 unspecified atom stereocenters. The Morgan fingerprint density at radius 1 is 1.18 bits per heavy atom. The first-order chi connectivity index (χ1) is 16.0. The second kappa shape index (κ2) is 10.3. The van der Waals surface area contributed by atoms with E-state index in [-0.39, 0.29) is 30.0 Å². The molecule has 0 fully saturated rings. The van der Waals surface area contributed by atoms with Crippen LogP contribution in [0.15, 0.2) is 42.6 Å². The Labute approximate surface area is 200 Å². The quantitative estimate of drug-likeness (QED) is 0.408. The van der Waals surface area contributed by atoms with Gasteiger partial charge in [0, 0.05) is 11.9 Å². The summed E-state index contributed by atoms with van der Waals surface area (Å²) < 4.78 is 6.88. The molecule has 3 aromatic rings. The SMILES string of the molecule is COC(=O)c1c(NC(=O)Cc2ccccc2)c2cc(N[C@H](C)C(C)(C)O)cnc2n1CC(C)C. The molecular weight excluding hydrogens is 432 g/mol. The number of methoxy groups -OCH3 is 1. The fourth-order valence-corrected chi connectivity index (χ4v) is 3.67. The van der Waals surface area contributed by atoms with Gasteiger partial charge < -0.3 is 25.0 Å². The zero-order valence-corrected chi connectivity index (χ0v) is 20.7. The maximum Gasteiger partial charge on any atom is 0.356 e. The molecule has 3 rings (SSSR count). The van der Waals surface area contributed by atoms with Crippen LogP contribution < -0.4 is 10.6 Å². The highest BCUT2D eigenvalue weighted by Gasteiger charge is 2.27. The number of hydrogen-bond acceptors (Lipinski definition) is 6. The third kappa shape index (κ3) is 5.75. The number of nitrogens with zero attached hydrogens (tertiary/aromatic N) is 2. The third-order valence-electron chi connectivity index (χ3n) is 5.74. The van der Waals surface area contributed by atoms with Crippen LogP contribution in [0.2, 0.25) is 0 Å². The molecule has 3 N–H and O–H groups in total. The van der Waals surface area contributed by atoms with Crippen LogP contribution in [0, 0.1) is 5.92 Å². The molecule has 1 aromatic carbocycles. The van der Waals surface area contributed by atoms with Crippen LogP contribution in [0.4, 0.5) is 11.4 Å². The van der Waals surface area contributed by atoms with E-state index in [0.717, 1.165) is 5.56 Å². The molecule has 0 spiro atoms. The summed E-state index contributed by atoms with van der Waals surface area (Å²) in [5.74, 6) is -0.571. The molecule has 1 amide bonds. The Balaban J connectivity index is 2.11. The smallest absolute Gasteiger partial charge is 0.356 e. The normalized spacial score (nSPS) is 12.6. The number of carbonyl (C=O) groups excluding carboxylic acids is 2. The van der Waals surface area contributed by atoms with E-state index in [1.54, 1.807) is 24.6 Å². The predicted molar refractivity (Wildman–Crippen MR) is 134 cm³/mol. The van der Waals surface area contributed by atoms with Crippen molar-refractivity contribution in [3.8, 4) is 0 Å². The first-order valence-electron chi connectivity index (χ1n) is 11.4. The van der Waals surface area contributed by atoms with Crippen LogP contribution in [0.1, 0.15) is 50.7 Å². The lowest BCUT2D eigenvalue weighted by atomic mass is 10.0. The standard InChI is InChI=1S/C26H34N4O4/c1-16(2)15-30-23(25(32)34-6)22(29-21(31)12-18-10-8-7-9-11-18)20-13-19(14-27-24(20)30)28-17(3)26(4,5)33/h7-11,13-14,16-17,28,33H,12,15H2,1-6H3,(H,29,31)/t17-/m1/s1. The number of aromatic nitrogens is 2. The zero-order valence-electron chi connectivity index (χ0n) is 20.7. The van der Waals surface area contributed by atoms with Crippen LogP contribution in [0.25, 0.3) is 11.0 Å². The molecule has 0 radical (unpaired) electrons. The second-order valence-electron chi connectivity index (χ2n) is 9.55. The lowest BCUT2D eigenvalue weighted by molar-refractivity contribution is -0.115. The summed E-state index contributed by atoms with van der Waals surface area (Å²) >= 11 is 0. The van der Waals surface area contributed by atoms with E-state index in [0.29, 0.717) is 29.0 Å². The summed E-state index contributed by atoms with van der Waals surface area (Å²) in [6.07, 6.45) is 1.83. The van der Waals surface area contributed by atoms with E-state index in [1.807, 2.05) is 57.2 Å². The predicted octanol–water partition coefficient (Wildman–Crippen LogP) is 4.23. The summed E-state index contributed by atoms with van der Waals surface area (Å²) in [6.45, 7) is 9.93. The van der Waals surface area contributed by atoms with Gasteiger partial charge in [-0.05, 0) is 38.3 Å². The number of anilines is 2. The highest BCUT2D eigenvalue weighted by molar-refractivity contribution is 6.11. The Bertz CT molecular complexity index is 1160. The van der Waals surface area contributed by atoms with Crippen LogP contribution in [-0.4, -0.2) is 45.3 Å². The Morgan fingerprint density at radius 3 is 2.44 bits per heavy atom. The monoisotopic (exact) mass is 466 g/mol. The molecule has 0 aliphatic carbocycles. The van der Waals surface area contributed by atoms with Gasteiger partial charge in [-0.3, -0.25) is 4.79 Å². The number of nitrogens with one attached hydrogen (secondary N) is 2. The number of carbonyl (C=O) groups is 2. The first kappa shape index (κ1) is 25.2. The number of hydrogen-bond donors (Lipinski definition) is 3. The Hall–Kier alpha value is -3.39. The molecule has 2 aromatic heterocycles. The van der Waals surface area contributed by atoms with Crippen LogP contribution in [-0.2, 0) is 22.5 Å². The van der Waals surface area contributed by atoms with Gasteiger partial charge in [-0.2, -0.15) is 0 Å². The lowest BCUT2D eigenvalue weighted by Gasteiger charge is -2.27. The number of aliphatic hydroxyl groups is 1. The minimum Gasteiger partial charge on any atom is -0.464 e. The van der Waals surface area contributed by atoms with Gasteiger partial charge in [-0.25, -0.2) is 9.78 Å². The topological polar surface area (TPSA) is 105 Å². The zero-order chi connectivity index (χ0) is 25.0. The molecule has 0 bridgehead atoms. The van der Waals surface area contributed by atoms with Crippen molar-refractivity contribution >= 4 is 34.3 Å². The molecule has 1 atom stereocenters. The van der Waals surface area contributed by atoms with Crippen molar-refractivity contribution in [2.45, 2.75) is 59.2 Å². The van der Waals surface area contributed by atoms with E-state index >= 15 is 0 Å². The second-order valence-corrected chi connectivity index (χ2v) is 9.55. The van der Waals surface area contributed by atoms with Crippen molar-refractivity contribution < 1.29 is 19.4 Å². The molecule has 8 heteroatoms. The van der Waals surface area contributed by atoms with Crippen molar-refractivity contribution in [3.05, 3.63) is 53.9 Å². The van der Waals surface area contributed by atoms with Gasteiger partial charge in [0.15, 0.2) is 5.69 Å². The fourth-order valence-electron chi connectivity index (χ4n) is 3.67. The Morgan fingerprint density at radius 2 is 1.85 bits per heavy atom. The van der Waals surface area contributed by atoms with E-state index in [1.165, 1.54) is 7.11 Å². The van der Waals surface area contributed by atoms with Gasteiger partial charge >= 0.3 is 5.97 Å². The fraction of sp³-hybridized carbons (Fsp3) is 0.423. The number of amides is 1. The summed E-state index contributed by atoms with van der Waals surface area (Å²) in [7, 11) is 1.32. The highest BCUT2D eigenvalue weighted by atomic mass is 16.5. The first-order valence-corrected chi connectivity index (χ1v) is 11.4. The van der Waals surface area contributed by atoms with E-state index in [2.05, 4.69) is 15.6 Å². The average Bonchev–Trinajstić information content (AvgIpc) is 3.05. The third-order valence-corrected chi connectivity index (χ3v) is 5.74. The van der Waals surface area contributed by atoms with E-state index in [9.17, 15) is 14.7 Å². The number of benzene rings is 1.